The van der Waals surface area contributed by atoms with Crippen LogP contribution >= 0.6 is 11.8 Å². The fourth-order valence-electron chi connectivity index (χ4n) is 2.52. The first kappa shape index (κ1) is 16.7. The van der Waals surface area contributed by atoms with Crippen molar-refractivity contribution >= 4 is 27.7 Å². The molecule has 10 heteroatoms. The van der Waals surface area contributed by atoms with Gasteiger partial charge >= 0.3 is 0 Å². The van der Waals surface area contributed by atoms with Gasteiger partial charge < -0.3 is 5.32 Å². The monoisotopic (exact) mass is 357 g/mol. The van der Waals surface area contributed by atoms with Gasteiger partial charge in [0, 0.05) is 18.8 Å². The minimum atomic E-state index is -3.62. The Bertz CT molecular complexity index is 676. The molecule has 2 aliphatic rings. The van der Waals surface area contributed by atoms with E-state index in [2.05, 4.69) is 26.4 Å². The molecule has 126 valence electrons. The van der Waals surface area contributed by atoms with Crippen LogP contribution in [0.15, 0.2) is 29.2 Å². The highest BCUT2D eigenvalue weighted by Gasteiger charge is 2.33. The van der Waals surface area contributed by atoms with E-state index in [0.717, 1.165) is 12.3 Å². The largest absolute Gasteiger partial charge is 0.354 e. The first-order valence-electron chi connectivity index (χ1n) is 7.29. The molecule has 0 bridgehead atoms. The molecule has 2 aliphatic heterocycles. The summed E-state index contributed by atoms with van der Waals surface area (Å²) < 4.78 is 26.8. The first-order valence-corrected chi connectivity index (χ1v) is 9.82. The summed E-state index contributed by atoms with van der Waals surface area (Å²) in [5, 5.41) is 3.05. The van der Waals surface area contributed by atoms with Gasteiger partial charge in [0.15, 0.2) is 0 Å². The second-order valence-corrected chi connectivity index (χ2v) is 8.28. The Kier molecular flexibility index (Phi) is 5.19. The molecular weight excluding hydrogens is 338 g/mol. The van der Waals surface area contributed by atoms with Gasteiger partial charge in [-0.3, -0.25) is 4.79 Å². The van der Waals surface area contributed by atoms with Gasteiger partial charge in [-0.05, 0) is 18.1 Å². The van der Waals surface area contributed by atoms with Crippen molar-refractivity contribution in [2.24, 2.45) is 0 Å². The van der Waals surface area contributed by atoms with Crippen molar-refractivity contribution in [3.8, 4) is 0 Å². The van der Waals surface area contributed by atoms with Crippen LogP contribution in [0.25, 0.3) is 0 Å². The van der Waals surface area contributed by atoms with Crippen molar-refractivity contribution in [2.75, 3.05) is 18.8 Å². The molecule has 2 heterocycles. The highest BCUT2D eigenvalue weighted by Crippen LogP contribution is 2.22. The van der Waals surface area contributed by atoms with Crippen molar-refractivity contribution in [1.82, 2.24) is 26.4 Å². The van der Waals surface area contributed by atoms with E-state index < -0.39 is 16.1 Å². The zero-order chi connectivity index (χ0) is 16.3. The van der Waals surface area contributed by atoms with E-state index in [9.17, 15) is 13.2 Å². The summed E-state index contributed by atoms with van der Waals surface area (Å²) in [6, 6.07) is 6.00. The van der Waals surface area contributed by atoms with Crippen LogP contribution in [0.1, 0.15) is 5.56 Å². The van der Waals surface area contributed by atoms with E-state index >= 15 is 0 Å². The van der Waals surface area contributed by atoms with E-state index in [1.165, 1.54) is 0 Å². The van der Waals surface area contributed by atoms with Crippen LogP contribution in [0.2, 0.25) is 0 Å². The summed E-state index contributed by atoms with van der Waals surface area (Å²) in [5.74, 6) is 0.447. The number of sulfonamides is 1. The number of rotatable bonds is 5. The predicted molar refractivity (Wildman–Crippen MR) is 87.8 cm³/mol. The summed E-state index contributed by atoms with van der Waals surface area (Å²) in [6.07, 6.45) is 0.367. The van der Waals surface area contributed by atoms with Crippen molar-refractivity contribution in [3.05, 3.63) is 29.8 Å². The summed E-state index contributed by atoms with van der Waals surface area (Å²) in [7, 11) is -3.62. The summed E-state index contributed by atoms with van der Waals surface area (Å²) >= 11 is 1.67. The highest BCUT2D eigenvalue weighted by molar-refractivity contribution is 7.99. The maximum absolute atomic E-state index is 12.2. The Balaban J connectivity index is 1.52. The fourth-order valence-corrected chi connectivity index (χ4v) is 4.81. The maximum atomic E-state index is 12.2. The molecule has 1 amide bonds. The van der Waals surface area contributed by atoms with Crippen LogP contribution in [-0.2, 0) is 21.2 Å². The van der Waals surface area contributed by atoms with Gasteiger partial charge in [-0.25, -0.2) is 19.3 Å². The first-order chi connectivity index (χ1) is 11.1. The second-order valence-electron chi connectivity index (χ2n) is 5.29. The van der Waals surface area contributed by atoms with Gasteiger partial charge in [0.2, 0.25) is 15.9 Å². The third-order valence-corrected chi connectivity index (χ3v) is 6.33. The third kappa shape index (κ3) is 4.03. The molecule has 0 aromatic heterocycles. The lowest BCUT2D eigenvalue weighted by molar-refractivity contribution is -0.122. The molecule has 3 rings (SSSR count). The van der Waals surface area contributed by atoms with E-state index in [1.54, 1.807) is 36.0 Å². The van der Waals surface area contributed by atoms with E-state index in [-0.39, 0.29) is 16.2 Å². The van der Waals surface area contributed by atoms with E-state index in [1.807, 2.05) is 0 Å². The lowest BCUT2D eigenvalue weighted by Crippen LogP contribution is -2.51. The minimum Gasteiger partial charge on any atom is -0.354 e. The van der Waals surface area contributed by atoms with Gasteiger partial charge in [0.25, 0.3) is 0 Å². The molecule has 1 saturated heterocycles. The van der Waals surface area contributed by atoms with Crippen LogP contribution in [0.3, 0.4) is 0 Å². The van der Waals surface area contributed by atoms with E-state index in [4.69, 9.17) is 0 Å². The summed E-state index contributed by atoms with van der Waals surface area (Å²) in [6.45, 7) is 1.29. The standard InChI is InChI=1S/C13H19N5O3S2/c19-13(14-5-6-22-12-8-15-18-16-12)10-7-9-3-1-2-4-11(9)23(20,21)17-10/h1-4,10,12,15-18H,5-8H2,(H,14,19). The molecule has 0 aliphatic carbocycles. The number of hydrogen-bond acceptors (Lipinski definition) is 7. The zero-order valence-electron chi connectivity index (χ0n) is 12.3. The Morgan fingerprint density at radius 1 is 1.35 bits per heavy atom. The third-order valence-electron chi connectivity index (χ3n) is 3.63. The molecule has 23 heavy (non-hydrogen) atoms. The predicted octanol–water partition coefficient (Wildman–Crippen LogP) is -1.32. The zero-order valence-corrected chi connectivity index (χ0v) is 14.0. The Morgan fingerprint density at radius 3 is 2.96 bits per heavy atom. The lowest BCUT2D eigenvalue weighted by atomic mass is 10.1. The number of benzene rings is 1. The number of fused-ring (bicyclic) bond motifs is 1. The molecule has 2 unspecified atom stereocenters. The van der Waals surface area contributed by atoms with Crippen molar-refractivity contribution < 1.29 is 13.2 Å². The molecule has 1 aromatic rings. The fraction of sp³-hybridized carbons (Fsp3) is 0.462. The van der Waals surface area contributed by atoms with Gasteiger partial charge in [-0.15, -0.1) is 11.8 Å². The molecule has 5 N–H and O–H groups in total. The highest BCUT2D eigenvalue weighted by atomic mass is 32.2. The number of nitrogens with one attached hydrogen (secondary N) is 5. The van der Waals surface area contributed by atoms with Crippen LogP contribution < -0.4 is 26.4 Å². The minimum absolute atomic E-state index is 0.256. The van der Waals surface area contributed by atoms with Crippen LogP contribution in [0.5, 0.6) is 0 Å². The average molecular weight is 357 g/mol. The van der Waals surface area contributed by atoms with Crippen molar-refractivity contribution in [1.29, 1.82) is 0 Å². The van der Waals surface area contributed by atoms with Gasteiger partial charge in [-0.1, -0.05) is 18.2 Å². The Labute approximate surface area is 139 Å². The summed E-state index contributed by atoms with van der Waals surface area (Å²) in [4.78, 5) is 12.5. The number of carbonyl (C=O) groups excluding carboxylic acids is 1. The number of hydrogen-bond donors (Lipinski definition) is 5. The smallest absolute Gasteiger partial charge is 0.241 e. The molecular formula is C13H19N5O3S2. The van der Waals surface area contributed by atoms with Crippen LogP contribution in [-0.4, -0.2) is 44.6 Å². The lowest BCUT2D eigenvalue weighted by Gasteiger charge is -2.25. The van der Waals surface area contributed by atoms with Crippen molar-refractivity contribution in [3.63, 3.8) is 0 Å². The number of hydrazine groups is 2. The molecule has 0 saturated carbocycles. The molecule has 0 spiro atoms. The maximum Gasteiger partial charge on any atom is 0.241 e. The van der Waals surface area contributed by atoms with Crippen LogP contribution in [0.4, 0.5) is 0 Å². The van der Waals surface area contributed by atoms with Gasteiger partial charge in [0.05, 0.1) is 10.3 Å². The van der Waals surface area contributed by atoms with Gasteiger partial charge in [0.1, 0.15) is 6.04 Å². The van der Waals surface area contributed by atoms with Crippen LogP contribution in [0, 0.1) is 0 Å². The number of thioether (sulfide) groups is 1. The van der Waals surface area contributed by atoms with Gasteiger partial charge in [-0.2, -0.15) is 10.3 Å². The Hall–Kier alpha value is -1.17. The molecule has 8 nitrogen and oxygen atoms in total. The van der Waals surface area contributed by atoms with E-state index in [0.29, 0.717) is 18.5 Å². The molecule has 1 fully saturated rings. The Morgan fingerprint density at radius 2 is 2.17 bits per heavy atom. The number of carbonyl (C=O) groups is 1. The number of amides is 1. The molecule has 0 radical (unpaired) electrons. The van der Waals surface area contributed by atoms with Crippen molar-refractivity contribution in [2.45, 2.75) is 22.7 Å². The second kappa shape index (κ2) is 7.16. The quantitative estimate of drug-likeness (QED) is 0.416. The topological polar surface area (TPSA) is 111 Å². The normalized spacial score (nSPS) is 25.7. The SMILES string of the molecule is O=C(NCCSC1CNNN1)C1Cc2ccccc2S(=O)(=O)N1. The molecule has 1 aromatic carbocycles. The summed E-state index contributed by atoms with van der Waals surface area (Å²) in [5.41, 5.74) is 9.45. The molecule has 2 atom stereocenters. The average Bonchev–Trinajstić information content (AvgIpc) is 3.04.